The minimum Gasteiger partial charge on any atom is -0.497 e. The molecule has 3 rings (SSSR count). The lowest BCUT2D eigenvalue weighted by molar-refractivity contribution is 0.209. The van der Waals surface area contributed by atoms with Crippen LogP contribution in [0, 0.1) is 17.2 Å². The molecule has 0 bridgehead atoms. The van der Waals surface area contributed by atoms with Crippen molar-refractivity contribution in [2.75, 3.05) is 34.9 Å². The minimum atomic E-state index is -0.559. The molecule has 178 valence electrons. The summed E-state index contributed by atoms with van der Waals surface area (Å²) in [4.78, 5) is 2.48. The number of ether oxygens (including phenoxy) is 3. The molecule has 5 nitrogen and oxygen atoms in total. The number of fused-ring (bicyclic) bond motifs is 1. The van der Waals surface area contributed by atoms with E-state index < -0.39 is 5.41 Å². The van der Waals surface area contributed by atoms with E-state index in [0.717, 1.165) is 50.0 Å². The van der Waals surface area contributed by atoms with Crippen molar-refractivity contribution < 1.29 is 14.2 Å². The first-order valence-electron chi connectivity index (χ1n) is 11.9. The number of hydrogen-bond acceptors (Lipinski definition) is 5. The lowest BCUT2D eigenvalue weighted by Crippen LogP contribution is -2.38. The van der Waals surface area contributed by atoms with Gasteiger partial charge in [0.1, 0.15) is 5.75 Å². The minimum absolute atomic E-state index is 0.183. The van der Waals surface area contributed by atoms with Gasteiger partial charge in [0.25, 0.3) is 0 Å². The largest absolute Gasteiger partial charge is 0.497 e. The highest BCUT2D eigenvalue weighted by Crippen LogP contribution is 2.40. The van der Waals surface area contributed by atoms with Gasteiger partial charge in [0, 0.05) is 6.04 Å². The Kier molecular flexibility index (Phi) is 8.26. The summed E-state index contributed by atoms with van der Waals surface area (Å²) in [6.45, 7) is 5.24. The average molecular weight is 451 g/mol. The fraction of sp³-hybridized carbons (Fsp3) is 0.536. The molecule has 0 heterocycles. The van der Waals surface area contributed by atoms with E-state index in [9.17, 15) is 5.26 Å². The smallest absolute Gasteiger partial charge is 0.161 e. The Labute approximate surface area is 199 Å². The normalized spacial score (nSPS) is 17.2. The average Bonchev–Trinajstić information content (AvgIpc) is 2.85. The lowest BCUT2D eigenvalue weighted by Gasteiger charge is -2.35. The molecule has 1 aliphatic carbocycles. The van der Waals surface area contributed by atoms with Gasteiger partial charge in [-0.3, -0.25) is 0 Å². The molecule has 0 spiro atoms. The molecule has 0 amide bonds. The second-order valence-electron chi connectivity index (χ2n) is 9.42. The first-order chi connectivity index (χ1) is 15.9. The van der Waals surface area contributed by atoms with Crippen molar-refractivity contribution in [3.05, 3.63) is 53.1 Å². The zero-order chi connectivity index (χ0) is 24.0. The summed E-state index contributed by atoms with van der Waals surface area (Å²) in [7, 11) is 7.21. The van der Waals surface area contributed by atoms with E-state index in [-0.39, 0.29) is 5.92 Å². The predicted molar refractivity (Wildman–Crippen MR) is 132 cm³/mol. The van der Waals surface area contributed by atoms with Crippen LogP contribution in [0.25, 0.3) is 0 Å². The molecule has 33 heavy (non-hydrogen) atoms. The fourth-order valence-corrected chi connectivity index (χ4v) is 5.13. The van der Waals surface area contributed by atoms with Crippen LogP contribution >= 0.6 is 0 Å². The Balaban J connectivity index is 1.68. The fourth-order valence-electron chi connectivity index (χ4n) is 5.13. The lowest BCUT2D eigenvalue weighted by atomic mass is 9.69. The standard InChI is InChI=1S/C28H38N2O3/c1-20(2)28(19-29,23-10-13-26(32-5)27(18-23)33-6)14-7-15-30(3)24-11-8-22-17-25(31-4)12-9-21(22)16-24/h9-10,12-13,17-18,20,24H,7-8,11,14-16H2,1-6H3. The first-order valence-corrected chi connectivity index (χ1v) is 11.9. The molecule has 0 N–H and O–H groups in total. The molecule has 1 aliphatic rings. The van der Waals surface area contributed by atoms with E-state index in [0.29, 0.717) is 17.5 Å². The number of aryl methyl sites for hydroxylation is 1. The molecule has 2 atom stereocenters. The second kappa shape index (κ2) is 10.9. The van der Waals surface area contributed by atoms with Crippen molar-refractivity contribution in [3.8, 4) is 23.3 Å². The summed E-state index contributed by atoms with van der Waals surface area (Å²) in [6, 6.07) is 15.5. The van der Waals surface area contributed by atoms with Gasteiger partial charge >= 0.3 is 0 Å². The molecular weight excluding hydrogens is 412 g/mol. The third-order valence-corrected chi connectivity index (χ3v) is 7.40. The Bertz CT molecular complexity index is 982. The van der Waals surface area contributed by atoms with Crippen molar-refractivity contribution in [1.29, 1.82) is 5.26 Å². The summed E-state index contributed by atoms with van der Waals surface area (Å²) in [5, 5.41) is 10.3. The number of benzene rings is 2. The van der Waals surface area contributed by atoms with E-state index in [1.54, 1.807) is 21.3 Å². The number of nitrogens with zero attached hydrogens (tertiary/aromatic N) is 2. The van der Waals surface area contributed by atoms with Crippen LogP contribution in [-0.4, -0.2) is 45.9 Å². The quantitative estimate of drug-likeness (QED) is 0.485. The number of nitriles is 1. The molecule has 0 aromatic heterocycles. The van der Waals surface area contributed by atoms with Crippen LogP contribution in [0.4, 0.5) is 0 Å². The summed E-state index contributed by atoms with van der Waals surface area (Å²) in [6.07, 6.45) is 5.07. The summed E-state index contributed by atoms with van der Waals surface area (Å²) in [5.74, 6) is 2.48. The Morgan fingerprint density at radius 2 is 1.79 bits per heavy atom. The van der Waals surface area contributed by atoms with Crippen molar-refractivity contribution in [2.45, 2.75) is 57.4 Å². The topological polar surface area (TPSA) is 54.7 Å². The van der Waals surface area contributed by atoms with Gasteiger partial charge < -0.3 is 19.1 Å². The summed E-state index contributed by atoms with van der Waals surface area (Å²) in [5.41, 5.74) is 3.28. The monoisotopic (exact) mass is 450 g/mol. The maximum absolute atomic E-state index is 10.3. The third-order valence-electron chi connectivity index (χ3n) is 7.40. The molecule has 0 aliphatic heterocycles. The van der Waals surface area contributed by atoms with E-state index in [2.05, 4.69) is 50.1 Å². The number of rotatable bonds is 10. The van der Waals surface area contributed by atoms with Gasteiger partial charge in [-0.25, -0.2) is 0 Å². The molecular formula is C28H38N2O3. The van der Waals surface area contributed by atoms with Gasteiger partial charge in [-0.05, 0) is 92.6 Å². The van der Waals surface area contributed by atoms with Crippen LogP contribution in [0.2, 0.25) is 0 Å². The third kappa shape index (κ3) is 5.28. The zero-order valence-electron chi connectivity index (χ0n) is 21.0. The van der Waals surface area contributed by atoms with Crippen LogP contribution in [-0.2, 0) is 18.3 Å². The van der Waals surface area contributed by atoms with Crippen LogP contribution in [0.3, 0.4) is 0 Å². The first kappa shape index (κ1) is 24.9. The Hall–Kier alpha value is -2.71. The molecule has 0 saturated carbocycles. The van der Waals surface area contributed by atoms with Crippen LogP contribution in [0.15, 0.2) is 36.4 Å². The van der Waals surface area contributed by atoms with Crippen LogP contribution in [0.5, 0.6) is 17.2 Å². The molecule has 2 aromatic rings. The molecule has 0 saturated heterocycles. The molecule has 0 radical (unpaired) electrons. The predicted octanol–water partition coefficient (Wildman–Crippen LogP) is 5.40. The van der Waals surface area contributed by atoms with E-state index in [1.807, 2.05) is 18.2 Å². The van der Waals surface area contributed by atoms with Crippen LogP contribution < -0.4 is 14.2 Å². The molecule has 5 heteroatoms. The van der Waals surface area contributed by atoms with Gasteiger partial charge in [-0.15, -0.1) is 0 Å². The van der Waals surface area contributed by atoms with Crippen molar-refractivity contribution in [3.63, 3.8) is 0 Å². The van der Waals surface area contributed by atoms with Crippen molar-refractivity contribution in [2.24, 2.45) is 5.92 Å². The highest BCUT2D eigenvalue weighted by Gasteiger charge is 2.36. The van der Waals surface area contributed by atoms with Gasteiger partial charge in [0.15, 0.2) is 11.5 Å². The highest BCUT2D eigenvalue weighted by atomic mass is 16.5. The maximum Gasteiger partial charge on any atom is 0.161 e. The number of methoxy groups -OCH3 is 3. The zero-order valence-corrected chi connectivity index (χ0v) is 21.0. The van der Waals surface area contributed by atoms with Gasteiger partial charge in [-0.2, -0.15) is 5.26 Å². The van der Waals surface area contributed by atoms with E-state index in [4.69, 9.17) is 14.2 Å². The molecule has 2 unspecified atom stereocenters. The number of likely N-dealkylation sites (N-methyl/N-ethyl adjacent to an activating group) is 1. The van der Waals surface area contributed by atoms with Crippen molar-refractivity contribution in [1.82, 2.24) is 4.90 Å². The van der Waals surface area contributed by atoms with Crippen molar-refractivity contribution >= 4 is 0 Å². The summed E-state index contributed by atoms with van der Waals surface area (Å²) < 4.78 is 16.3. The Morgan fingerprint density at radius 3 is 2.42 bits per heavy atom. The number of hydrogen-bond donors (Lipinski definition) is 0. The highest BCUT2D eigenvalue weighted by molar-refractivity contribution is 5.47. The van der Waals surface area contributed by atoms with Gasteiger partial charge in [-0.1, -0.05) is 26.0 Å². The van der Waals surface area contributed by atoms with Gasteiger partial charge in [0.05, 0.1) is 32.8 Å². The summed E-state index contributed by atoms with van der Waals surface area (Å²) >= 11 is 0. The molecule has 2 aromatic carbocycles. The van der Waals surface area contributed by atoms with E-state index >= 15 is 0 Å². The maximum atomic E-state index is 10.3. The van der Waals surface area contributed by atoms with Crippen LogP contribution in [0.1, 0.15) is 49.8 Å². The molecule has 0 fully saturated rings. The van der Waals surface area contributed by atoms with Gasteiger partial charge in [0.2, 0.25) is 0 Å². The van der Waals surface area contributed by atoms with E-state index in [1.165, 1.54) is 11.1 Å². The SMILES string of the molecule is COc1ccc2c(c1)CCC(N(C)CCCC(C#N)(c1ccc(OC)c(OC)c1)C(C)C)C2. The Morgan fingerprint density at radius 1 is 1.03 bits per heavy atom. The second-order valence-corrected chi connectivity index (χ2v) is 9.42.